The van der Waals surface area contributed by atoms with Gasteiger partial charge in [-0.05, 0) is 76.1 Å². The molecule has 1 N–H and O–H groups in total. The first-order valence-electron chi connectivity index (χ1n) is 12.4. The Morgan fingerprint density at radius 2 is 1.45 bits per heavy atom. The van der Waals surface area contributed by atoms with Crippen LogP contribution in [0.4, 0.5) is 5.69 Å². The summed E-state index contributed by atoms with van der Waals surface area (Å²) in [6.07, 6.45) is 0.517. The third kappa shape index (κ3) is 7.91. The molecule has 3 aromatic carbocycles. The van der Waals surface area contributed by atoms with Crippen LogP contribution in [0.15, 0.2) is 94.3 Å². The molecular weight excluding hydrogens is 566 g/mol. The molecule has 0 unspecified atom stereocenters. The number of rotatable bonds is 10. The number of hydrogen-bond donors (Lipinski definition) is 1. The Balaban J connectivity index is 1.96. The maximum absolute atomic E-state index is 13.8. The standard InChI is InChI=1S/C29H34BrN3O4S/c1-22(28(35)31-29(2,3)4)32(20-19-23-11-7-5-8-12-23)27(34)21-33(25-17-15-24(30)16-18-25)38(36,37)26-13-9-6-10-14-26/h5-18,22H,19-21H2,1-4H3,(H,31,35)/t22-/m1/s1. The van der Waals surface area contributed by atoms with Crippen molar-refractivity contribution in [3.8, 4) is 0 Å². The summed E-state index contributed by atoms with van der Waals surface area (Å²) >= 11 is 3.38. The lowest BCUT2D eigenvalue weighted by atomic mass is 10.1. The number of carbonyl (C=O) groups excluding carboxylic acids is 2. The highest BCUT2D eigenvalue weighted by molar-refractivity contribution is 9.10. The predicted octanol–water partition coefficient (Wildman–Crippen LogP) is 5.02. The molecule has 2 amide bonds. The summed E-state index contributed by atoms with van der Waals surface area (Å²) in [6, 6.07) is 23.6. The van der Waals surface area contributed by atoms with Gasteiger partial charge in [-0.25, -0.2) is 8.42 Å². The number of carbonyl (C=O) groups is 2. The molecule has 0 spiro atoms. The van der Waals surface area contributed by atoms with Gasteiger partial charge in [0.05, 0.1) is 10.6 Å². The number of benzene rings is 3. The van der Waals surface area contributed by atoms with Crippen LogP contribution in [0, 0.1) is 0 Å². The van der Waals surface area contributed by atoms with E-state index in [9.17, 15) is 18.0 Å². The Kier molecular flexibility index (Phi) is 9.73. The van der Waals surface area contributed by atoms with E-state index in [0.717, 1.165) is 14.3 Å². The third-order valence-corrected chi connectivity index (χ3v) is 8.19. The van der Waals surface area contributed by atoms with Gasteiger partial charge in [0.15, 0.2) is 0 Å². The van der Waals surface area contributed by atoms with E-state index in [0.29, 0.717) is 12.1 Å². The van der Waals surface area contributed by atoms with Gasteiger partial charge in [-0.1, -0.05) is 64.5 Å². The molecule has 0 saturated heterocycles. The van der Waals surface area contributed by atoms with Gasteiger partial charge in [0, 0.05) is 16.6 Å². The van der Waals surface area contributed by atoms with E-state index < -0.39 is 34.1 Å². The Morgan fingerprint density at radius 3 is 2.00 bits per heavy atom. The average Bonchev–Trinajstić information content (AvgIpc) is 2.88. The molecule has 0 bridgehead atoms. The molecule has 0 saturated carbocycles. The summed E-state index contributed by atoms with van der Waals surface area (Å²) in [6.45, 7) is 7.07. The second-order valence-corrected chi connectivity index (χ2v) is 12.8. The molecular formula is C29H34BrN3O4S. The molecule has 0 aliphatic heterocycles. The number of nitrogens with one attached hydrogen (secondary N) is 1. The number of amides is 2. The zero-order chi connectivity index (χ0) is 27.9. The van der Waals surface area contributed by atoms with Crippen LogP contribution in [-0.4, -0.2) is 49.8 Å². The maximum atomic E-state index is 13.8. The summed E-state index contributed by atoms with van der Waals surface area (Å²) < 4.78 is 29.3. The van der Waals surface area contributed by atoms with E-state index >= 15 is 0 Å². The van der Waals surface area contributed by atoms with Crippen molar-refractivity contribution in [3.63, 3.8) is 0 Å². The summed E-state index contributed by atoms with van der Waals surface area (Å²) in [7, 11) is -4.07. The van der Waals surface area contributed by atoms with Crippen LogP contribution >= 0.6 is 15.9 Å². The van der Waals surface area contributed by atoms with Gasteiger partial charge >= 0.3 is 0 Å². The average molecular weight is 601 g/mol. The van der Waals surface area contributed by atoms with Crippen LogP contribution in [0.5, 0.6) is 0 Å². The van der Waals surface area contributed by atoms with Crippen molar-refractivity contribution < 1.29 is 18.0 Å². The van der Waals surface area contributed by atoms with Gasteiger partial charge in [-0.2, -0.15) is 0 Å². The van der Waals surface area contributed by atoms with E-state index in [2.05, 4.69) is 21.2 Å². The molecule has 0 fully saturated rings. The molecule has 7 nitrogen and oxygen atoms in total. The van der Waals surface area contributed by atoms with Crippen LogP contribution in [0.1, 0.15) is 33.3 Å². The largest absolute Gasteiger partial charge is 0.350 e. The topological polar surface area (TPSA) is 86.8 Å². The second kappa shape index (κ2) is 12.6. The lowest BCUT2D eigenvalue weighted by Gasteiger charge is -2.33. The van der Waals surface area contributed by atoms with Gasteiger partial charge in [0.25, 0.3) is 10.0 Å². The molecule has 0 radical (unpaired) electrons. The number of sulfonamides is 1. The zero-order valence-electron chi connectivity index (χ0n) is 22.1. The van der Waals surface area contributed by atoms with Crippen LogP contribution in [0.25, 0.3) is 0 Å². The molecule has 0 aromatic heterocycles. The molecule has 1 atom stereocenters. The highest BCUT2D eigenvalue weighted by atomic mass is 79.9. The first-order valence-corrected chi connectivity index (χ1v) is 14.6. The van der Waals surface area contributed by atoms with Crippen LogP contribution in [0.2, 0.25) is 0 Å². The van der Waals surface area contributed by atoms with Gasteiger partial charge in [0.1, 0.15) is 12.6 Å². The lowest BCUT2D eigenvalue weighted by Crippen LogP contribution is -2.55. The summed E-state index contributed by atoms with van der Waals surface area (Å²) in [4.78, 5) is 28.5. The number of anilines is 1. The third-order valence-electron chi connectivity index (χ3n) is 5.87. The fourth-order valence-electron chi connectivity index (χ4n) is 3.90. The van der Waals surface area contributed by atoms with E-state index in [1.165, 1.54) is 17.0 Å². The van der Waals surface area contributed by atoms with Crippen LogP contribution in [-0.2, 0) is 26.0 Å². The van der Waals surface area contributed by atoms with Gasteiger partial charge in [0.2, 0.25) is 11.8 Å². The van der Waals surface area contributed by atoms with Crippen molar-refractivity contribution in [1.82, 2.24) is 10.2 Å². The highest BCUT2D eigenvalue weighted by Gasteiger charge is 2.33. The highest BCUT2D eigenvalue weighted by Crippen LogP contribution is 2.26. The fraction of sp³-hybridized carbons (Fsp3) is 0.310. The summed E-state index contributed by atoms with van der Waals surface area (Å²) in [5.41, 5.74) is 0.871. The number of hydrogen-bond acceptors (Lipinski definition) is 4. The van der Waals surface area contributed by atoms with Crippen LogP contribution < -0.4 is 9.62 Å². The Morgan fingerprint density at radius 1 is 0.895 bits per heavy atom. The van der Waals surface area contributed by atoms with Crippen LogP contribution in [0.3, 0.4) is 0 Å². The van der Waals surface area contributed by atoms with Gasteiger partial charge < -0.3 is 10.2 Å². The van der Waals surface area contributed by atoms with Crippen molar-refractivity contribution in [3.05, 3.63) is 95.0 Å². The molecule has 3 aromatic rings. The number of halogens is 1. The quantitative estimate of drug-likeness (QED) is 0.354. The zero-order valence-corrected chi connectivity index (χ0v) is 24.5. The monoisotopic (exact) mass is 599 g/mol. The normalized spacial score (nSPS) is 12.4. The van der Waals surface area contributed by atoms with Crippen molar-refractivity contribution in [2.75, 3.05) is 17.4 Å². The molecule has 0 heterocycles. The second-order valence-electron chi connectivity index (χ2n) is 10.0. The minimum Gasteiger partial charge on any atom is -0.350 e. The molecule has 0 aliphatic carbocycles. The van der Waals surface area contributed by atoms with Crippen molar-refractivity contribution in [1.29, 1.82) is 0 Å². The number of nitrogens with zero attached hydrogens (tertiary/aromatic N) is 2. The van der Waals surface area contributed by atoms with Gasteiger partial charge in [-0.3, -0.25) is 13.9 Å². The molecule has 38 heavy (non-hydrogen) atoms. The molecule has 202 valence electrons. The molecule has 0 aliphatic rings. The Bertz CT molecular complexity index is 1330. The first kappa shape index (κ1) is 29.4. The van der Waals surface area contributed by atoms with Crippen molar-refractivity contribution in [2.45, 2.75) is 50.6 Å². The minimum atomic E-state index is -4.07. The van der Waals surface area contributed by atoms with E-state index in [-0.39, 0.29) is 17.3 Å². The van der Waals surface area contributed by atoms with E-state index in [1.807, 2.05) is 51.1 Å². The summed E-state index contributed by atoms with van der Waals surface area (Å²) in [5.74, 6) is -0.778. The van der Waals surface area contributed by atoms with Crippen molar-refractivity contribution in [2.24, 2.45) is 0 Å². The molecule has 9 heteroatoms. The van der Waals surface area contributed by atoms with Crippen molar-refractivity contribution >= 4 is 43.5 Å². The smallest absolute Gasteiger partial charge is 0.264 e. The summed E-state index contributed by atoms with van der Waals surface area (Å²) in [5, 5.41) is 2.93. The van der Waals surface area contributed by atoms with Gasteiger partial charge in [-0.15, -0.1) is 0 Å². The first-order chi connectivity index (χ1) is 17.9. The van der Waals surface area contributed by atoms with E-state index in [4.69, 9.17) is 0 Å². The lowest BCUT2D eigenvalue weighted by molar-refractivity contribution is -0.139. The van der Waals surface area contributed by atoms with E-state index in [1.54, 1.807) is 49.4 Å². The Labute approximate surface area is 234 Å². The Hall–Kier alpha value is -3.17. The maximum Gasteiger partial charge on any atom is 0.264 e. The fourth-order valence-corrected chi connectivity index (χ4v) is 5.60. The molecule has 3 rings (SSSR count). The minimum absolute atomic E-state index is 0.0741. The SMILES string of the molecule is C[C@H](C(=O)NC(C)(C)C)N(CCc1ccccc1)C(=O)CN(c1ccc(Br)cc1)S(=O)(=O)c1ccccc1. The predicted molar refractivity (Wildman–Crippen MR) is 154 cm³/mol.